The maximum atomic E-state index is 14.2. The molecule has 0 radical (unpaired) electrons. The molecule has 0 saturated heterocycles. The highest BCUT2D eigenvalue weighted by Crippen LogP contribution is 2.35. The van der Waals surface area contributed by atoms with Gasteiger partial charge in [-0.2, -0.15) is 0 Å². The SMILES string of the molecule is CC.COc1cc(Cl)cc(Cl)c1C1=NC(NC(=O)c2cc(F)ccc2OCc2ccncc2)C(=O)Nc2ccccc21. The maximum Gasteiger partial charge on any atom is 0.269 e. The summed E-state index contributed by atoms with van der Waals surface area (Å²) in [5, 5.41) is 5.94. The van der Waals surface area contributed by atoms with E-state index < -0.39 is 23.8 Å². The number of benzene rings is 3. The number of fused-ring (bicyclic) bond motifs is 1. The first-order chi connectivity index (χ1) is 20.3. The van der Waals surface area contributed by atoms with Crippen molar-refractivity contribution >= 4 is 46.4 Å². The molecule has 1 aromatic heterocycles. The van der Waals surface area contributed by atoms with Crippen LogP contribution in [-0.4, -0.2) is 35.8 Å². The third-order valence-corrected chi connectivity index (χ3v) is 6.54. The van der Waals surface area contributed by atoms with Crippen LogP contribution in [-0.2, 0) is 11.4 Å². The minimum absolute atomic E-state index is 0.109. The van der Waals surface area contributed by atoms with Gasteiger partial charge >= 0.3 is 0 Å². The number of aliphatic imine (C=N–C) groups is 1. The highest BCUT2D eigenvalue weighted by molar-refractivity contribution is 6.39. The summed E-state index contributed by atoms with van der Waals surface area (Å²) < 4.78 is 25.5. The summed E-state index contributed by atoms with van der Waals surface area (Å²) >= 11 is 12.8. The van der Waals surface area contributed by atoms with Crippen molar-refractivity contribution in [2.75, 3.05) is 12.4 Å². The average molecular weight is 609 g/mol. The predicted molar refractivity (Wildman–Crippen MR) is 161 cm³/mol. The highest BCUT2D eigenvalue weighted by atomic mass is 35.5. The number of benzodiazepines with no additional fused rings is 1. The number of pyridine rings is 1. The summed E-state index contributed by atoms with van der Waals surface area (Å²) in [6.07, 6.45) is 1.80. The molecule has 5 rings (SSSR count). The summed E-state index contributed by atoms with van der Waals surface area (Å²) in [4.78, 5) is 35.2. The first kappa shape index (κ1) is 30.5. The van der Waals surface area contributed by atoms with E-state index in [1.807, 2.05) is 13.8 Å². The van der Waals surface area contributed by atoms with Crippen LogP contribution in [0, 0.1) is 5.82 Å². The van der Waals surface area contributed by atoms with Gasteiger partial charge in [0.25, 0.3) is 11.8 Å². The van der Waals surface area contributed by atoms with Gasteiger partial charge < -0.3 is 20.1 Å². The number of amides is 2. The Morgan fingerprint density at radius 2 is 1.76 bits per heavy atom. The Bertz CT molecular complexity index is 1630. The van der Waals surface area contributed by atoms with Crippen LogP contribution in [0.4, 0.5) is 10.1 Å². The second-order valence-electron chi connectivity index (χ2n) is 8.64. The molecule has 0 bridgehead atoms. The van der Waals surface area contributed by atoms with Crippen LogP contribution in [0.25, 0.3) is 0 Å². The van der Waals surface area contributed by atoms with Gasteiger partial charge in [-0.3, -0.25) is 14.6 Å². The van der Waals surface area contributed by atoms with Crippen molar-refractivity contribution in [3.63, 3.8) is 0 Å². The largest absolute Gasteiger partial charge is 0.496 e. The molecular formula is C31H27Cl2FN4O4. The van der Waals surface area contributed by atoms with Crippen molar-refractivity contribution in [1.29, 1.82) is 0 Å². The Hall–Kier alpha value is -4.47. The number of carbonyl (C=O) groups is 2. The minimum Gasteiger partial charge on any atom is -0.496 e. The summed E-state index contributed by atoms with van der Waals surface area (Å²) in [6.45, 7) is 4.12. The van der Waals surface area contributed by atoms with Crippen LogP contribution in [0.3, 0.4) is 0 Å². The van der Waals surface area contributed by atoms with E-state index in [0.29, 0.717) is 27.6 Å². The van der Waals surface area contributed by atoms with Gasteiger partial charge in [0.15, 0.2) is 0 Å². The quantitative estimate of drug-likeness (QED) is 0.243. The molecule has 11 heteroatoms. The molecule has 1 unspecified atom stereocenters. The second-order valence-corrected chi connectivity index (χ2v) is 9.48. The normalized spacial score (nSPS) is 13.8. The molecule has 2 amide bonds. The van der Waals surface area contributed by atoms with E-state index in [4.69, 9.17) is 32.7 Å². The smallest absolute Gasteiger partial charge is 0.269 e. The van der Waals surface area contributed by atoms with Gasteiger partial charge in [0.05, 0.1) is 34.7 Å². The average Bonchev–Trinajstić information content (AvgIpc) is 3.13. The number of hydrogen-bond acceptors (Lipinski definition) is 6. The molecule has 1 aliphatic heterocycles. The van der Waals surface area contributed by atoms with Crippen molar-refractivity contribution in [3.8, 4) is 11.5 Å². The highest BCUT2D eigenvalue weighted by Gasteiger charge is 2.30. The van der Waals surface area contributed by atoms with Crippen LogP contribution in [0.15, 0.2) is 84.1 Å². The molecule has 1 aliphatic rings. The van der Waals surface area contributed by atoms with E-state index in [-0.39, 0.29) is 28.7 Å². The molecule has 1 atom stereocenters. The lowest BCUT2D eigenvalue weighted by Gasteiger charge is -2.17. The van der Waals surface area contributed by atoms with Crippen molar-refractivity contribution in [1.82, 2.24) is 10.3 Å². The molecule has 216 valence electrons. The fraction of sp³-hybridized carbons (Fsp3) is 0.161. The third-order valence-electron chi connectivity index (χ3n) is 6.02. The molecule has 0 spiro atoms. The Labute approximate surface area is 252 Å². The molecule has 3 aromatic carbocycles. The molecule has 0 fully saturated rings. The zero-order valence-corrected chi connectivity index (χ0v) is 24.5. The number of carbonyl (C=O) groups excluding carboxylic acids is 2. The van der Waals surface area contributed by atoms with E-state index in [1.165, 1.54) is 25.3 Å². The van der Waals surface area contributed by atoms with E-state index in [0.717, 1.165) is 11.6 Å². The number of anilines is 1. The fourth-order valence-corrected chi connectivity index (χ4v) is 4.71. The van der Waals surface area contributed by atoms with Crippen LogP contribution in [0.5, 0.6) is 11.5 Å². The number of hydrogen-bond donors (Lipinski definition) is 2. The molecule has 0 saturated carbocycles. The van der Waals surface area contributed by atoms with Gasteiger partial charge in [0, 0.05) is 23.0 Å². The predicted octanol–water partition coefficient (Wildman–Crippen LogP) is 6.69. The zero-order valence-electron chi connectivity index (χ0n) is 23.0. The van der Waals surface area contributed by atoms with Gasteiger partial charge in [-0.05, 0) is 54.1 Å². The van der Waals surface area contributed by atoms with E-state index in [9.17, 15) is 14.0 Å². The lowest BCUT2D eigenvalue weighted by Crippen LogP contribution is -2.42. The second kappa shape index (κ2) is 13.9. The number of halogens is 3. The molecule has 2 heterocycles. The Balaban J connectivity index is 0.00000198. The Kier molecular flexibility index (Phi) is 10.1. The Morgan fingerprint density at radius 3 is 2.50 bits per heavy atom. The Morgan fingerprint density at radius 1 is 1.02 bits per heavy atom. The topological polar surface area (TPSA) is 102 Å². The van der Waals surface area contributed by atoms with Crippen molar-refractivity contribution in [2.45, 2.75) is 26.6 Å². The zero-order chi connectivity index (χ0) is 30.2. The van der Waals surface area contributed by atoms with E-state index in [2.05, 4.69) is 20.6 Å². The summed E-state index contributed by atoms with van der Waals surface area (Å²) in [5.41, 5.74) is 2.35. The van der Waals surface area contributed by atoms with Crippen molar-refractivity contribution in [3.05, 3.63) is 117 Å². The number of ether oxygens (including phenoxy) is 2. The summed E-state index contributed by atoms with van der Waals surface area (Å²) in [5.74, 6) is -1.59. The molecule has 8 nitrogen and oxygen atoms in total. The minimum atomic E-state index is -1.41. The third kappa shape index (κ3) is 6.87. The lowest BCUT2D eigenvalue weighted by atomic mass is 9.99. The van der Waals surface area contributed by atoms with Crippen molar-refractivity contribution < 1.29 is 23.5 Å². The summed E-state index contributed by atoms with van der Waals surface area (Å²) in [6, 6.07) is 17.1. The van der Waals surface area contributed by atoms with Crippen LogP contribution in [0.2, 0.25) is 10.0 Å². The number of para-hydroxylation sites is 1. The van der Waals surface area contributed by atoms with Gasteiger partial charge in [-0.1, -0.05) is 55.2 Å². The number of nitrogens with zero attached hydrogens (tertiary/aromatic N) is 2. The number of aromatic nitrogens is 1. The monoisotopic (exact) mass is 608 g/mol. The standard InChI is InChI=1S/C29H21Cl2FN4O4.C2H6/c1-39-24-13-17(30)12-21(31)25(24)26-19-4-2-3-5-22(19)34-29(38)27(35-26)36-28(37)20-14-18(32)6-7-23(20)40-15-16-8-10-33-11-9-16;1-2/h2-14,27H,15H2,1H3,(H,34,38)(H,36,37);1-2H3. The number of methoxy groups -OCH3 is 1. The molecule has 0 aliphatic carbocycles. The van der Waals surface area contributed by atoms with Gasteiger partial charge in [0.1, 0.15) is 23.9 Å². The number of nitrogens with one attached hydrogen (secondary N) is 2. The van der Waals surface area contributed by atoms with Crippen LogP contribution < -0.4 is 20.1 Å². The van der Waals surface area contributed by atoms with Crippen LogP contribution in [0.1, 0.15) is 40.9 Å². The molecule has 42 heavy (non-hydrogen) atoms. The van der Waals surface area contributed by atoms with Crippen LogP contribution >= 0.6 is 23.2 Å². The summed E-state index contributed by atoms with van der Waals surface area (Å²) in [7, 11) is 1.45. The molecule has 2 N–H and O–H groups in total. The van der Waals surface area contributed by atoms with Gasteiger partial charge in [-0.15, -0.1) is 0 Å². The lowest BCUT2D eigenvalue weighted by molar-refractivity contribution is -0.117. The van der Waals surface area contributed by atoms with E-state index in [1.54, 1.807) is 54.9 Å². The fourth-order valence-electron chi connectivity index (χ4n) is 4.14. The number of rotatable bonds is 7. The molecule has 4 aromatic rings. The van der Waals surface area contributed by atoms with Gasteiger partial charge in [0.2, 0.25) is 6.17 Å². The maximum absolute atomic E-state index is 14.2. The first-order valence-electron chi connectivity index (χ1n) is 13.0. The van der Waals surface area contributed by atoms with Gasteiger partial charge in [-0.25, -0.2) is 9.38 Å². The first-order valence-corrected chi connectivity index (χ1v) is 13.7. The van der Waals surface area contributed by atoms with Crippen molar-refractivity contribution in [2.24, 2.45) is 4.99 Å². The van der Waals surface area contributed by atoms with E-state index >= 15 is 0 Å². The molecular weight excluding hydrogens is 582 g/mol.